The zero-order chi connectivity index (χ0) is 23.8. The fraction of sp³-hybridized carbons (Fsp3) is 0.800. The van der Waals surface area contributed by atoms with Crippen LogP contribution in [0.3, 0.4) is 0 Å². The summed E-state index contributed by atoms with van der Waals surface area (Å²) in [5, 5.41) is 0. The number of hydrogen-bond acceptors (Lipinski definition) is 2. The molecule has 0 aliphatic rings. The molecule has 0 fully saturated rings. The Hall–Kier alpha value is -0.630. The molecule has 0 N–H and O–H groups in total. The molecule has 0 aliphatic carbocycles. The van der Waals surface area contributed by atoms with Crippen LogP contribution in [0.5, 0.6) is 5.75 Å². The molecule has 32 heavy (non-hydrogen) atoms. The Kier molecular flexibility index (Phi) is 15.5. The van der Waals surface area contributed by atoms with Crippen LogP contribution in [0.15, 0.2) is 23.1 Å². The first-order valence-electron chi connectivity index (χ1n) is 13.8. The lowest BCUT2D eigenvalue weighted by atomic mass is 9.80. The third-order valence-electron chi connectivity index (χ3n) is 7.17. The highest BCUT2D eigenvalue weighted by molar-refractivity contribution is 7.99. The molecule has 0 saturated heterocycles. The molecule has 1 aromatic rings. The van der Waals surface area contributed by atoms with Crippen molar-refractivity contribution in [2.45, 2.75) is 136 Å². The third kappa shape index (κ3) is 11.0. The molecule has 0 spiro atoms. The summed E-state index contributed by atoms with van der Waals surface area (Å²) in [5.74, 6) is 3.80. The number of unbranched alkanes of at least 4 members (excludes halogenated alkanes) is 4. The molecule has 0 bridgehead atoms. The maximum absolute atomic E-state index is 6.48. The highest BCUT2D eigenvalue weighted by atomic mass is 32.2. The van der Waals surface area contributed by atoms with Gasteiger partial charge in [-0.25, -0.2) is 0 Å². The molecule has 2 heteroatoms. The summed E-state index contributed by atoms with van der Waals surface area (Å²) in [6.07, 6.45) is 15.5. The maximum atomic E-state index is 6.48. The van der Waals surface area contributed by atoms with E-state index in [-0.39, 0.29) is 5.41 Å². The van der Waals surface area contributed by atoms with Crippen LogP contribution in [0.2, 0.25) is 0 Å². The van der Waals surface area contributed by atoms with Gasteiger partial charge in [0.05, 0.1) is 6.61 Å². The Balaban J connectivity index is 2.99. The summed E-state index contributed by atoms with van der Waals surface area (Å²) in [4.78, 5) is 1.37. The minimum atomic E-state index is 0.225. The van der Waals surface area contributed by atoms with Gasteiger partial charge in [0.15, 0.2) is 0 Å². The van der Waals surface area contributed by atoms with E-state index in [1.54, 1.807) is 0 Å². The monoisotopic (exact) mass is 462 g/mol. The Morgan fingerprint density at radius 2 is 1.44 bits per heavy atom. The first kappa shape index (κ1) is 29.4. The number of benzene rings is 1. The van der Waals surface area contributed by atoms with Crippen molar-refractivity contribution in [3.63, 3.8) is 0 Å². The fourth-order valence-electron chi connectivity index (χ4n) is 4.33. The smallest absolute Gasteiger partial charge is 0.132 e. The summed E-state index contributed by atoms with van der Waals surface area (Å²) in [7, 11) is 0. The van der Waals surface area contributed by atoms with Gasteiger partial charge in [0.25, 0.3) is 0 Å². The second-order valence-corrected chi connectivity index (χ2v) is 11.5. The molecule has 0 heterocycles. The molecule has 0 radical (unpaired) electrons. The molecule has 0 saturated carbocycles. The molecule has 1 nitrogen and oxygen atoms in total. The zero-order valence-electron chi connectivity index (χ0n) is 22.6. The minimum absolute atomic E-state index is 0.225. The minimum Gasteiger partial charge on any atom is -0.492 e. The topological polar surface area (TPSA) is 9.23 Å². The number of ether oxygens (including phenoxy) is 1. The van der Waals surface area contributed by atoms with Gasteiger partial charge >= 0.3 is 0 Å². The van der Waals surface area contributed by atoms with Crippen molar-refractivity contribution in [2.24, 2.45) is 11.8 Å². The normalized spacial score (nSPS) is 13.8. The molecule has 2 unspecified atom stereocenters. The fourth-order valence-corrected chi connectivity index (χ4v) is 5.63. The molecule has 0 amide bonds. The van der Waals surface area contributed by atoms with E-state index < -0.39 is 0 Å². The molecule has 0 aliphatic heterocycles. The van der Waals surface area contributed by atoms with Crippen LogP contribution in [0.1, 0.15) is 131 Å². The van der Waals surface area contributed by atoms with Crippen LogP contribution < -0.4 is 4.74 Å². The number of rotatable bonds is 19. The molecule has 0 aromatic heterocycles. The van der Waals surface area contributed by atoms with E-state index in [0.717, 1.165) is 18.3 Å². The van der Waals surface area contributed by atoms with E-state index in [1.165, 1.54) is 93.3 Å². The van der Waals surface area contributed by atoms with Gasteiger partial charge in [-0.15, -0.1) is 11.8 Å². The average molecular weight is 463 g/mol. The van der Waals surface area contributed by atoms with Gasteiger partial charge in [0.1, 0.15) is 5.75 Å². The third-order valence-corrected chi connectivity index (χ3v) is 8.43. The van der Waals surface area contributed by atoms with Crippen LogP contribution in [0.4, 0.5) is 0 Å². The average Bonchev–Trinajstić information content (AvgIpc) is 2.79. The van der Waals surface area contributed by atoms with Crippen LogP contribution in [-0.2, 0) is 5.41 Å². The predicted octanol–water partition coefficient (Wildman–Crippen LogP) is 10.4. The summed E-state index contributed by atoms with van der Waals surface area (Å²) in [5.41, 5.74) is 1.70. The summed E-state index contributed by atoms with van der Waals surface area (Å²) in [6.45, 7) is 17.2. The van der Waals surface area contributed by atoms with Crippen LogP contribution in [-0.4, -0.2) is 12.4 Å². The zero-order valence-corrected chi connectivity index (χ0v) is 23.4. The van der Waals surface area contributed by atoms with Crippen molar-refractivity contribution >= 4 is 11.8 Å². The SMILES string of the molecule is CCCCCC(C)(C)c1ccc(OCC(CC)CCCC)c(SCC(CC)CCCC)c1. The Labute approximate surface area is 205 Å². The van der Waals surface area contributed by atoms with Gasteiger partial charge in [-0.05, 0) is 54.2 Å². The first-order valence-corrected chi connectivity index (χ1v) is 14.8. The summed E-state index contributed by atoms with van der Waals surface area (Å²) < 4.78 is 6.48. The lowest BCUT2D eigenvalue weighted by Gasteiger charge is -2.27. The second-order valence-electron chi connectivity index (χ2n) is 10.5. The van der Waals surface area contributed by atoms with E-state index in [1.807, 2.05) is 11.8 Å². The molecular formula is C30H54OS. The van der Waals surface area contributed by atoms with E-state index in [9.17, 15) is 0 Å². The highest BCUT2D eigenvalue weighted by Gasteiger charge is 2.22. The summed E-state index contributed by atoms with van der Waals surface area (Å²) in [6, 6.07) is 7.08. The van der Waals surface area contributed by atoms with Crippen molar-refractivity contribution in [3.8, 4) is 5.75 Å². The lowest BCUT2D eigenvalue weighted by molar-refractivity contribution is 0.228. The number of hydrogen-bond donors (Lipinski definition) is 0. The van der Waals surface area contributed by atoms with Crippen molar-refractivity contribution in [2.75, 3.05) is 12.4 Å². The Bertz CT molecular complexity index is 594. The lowest BCUT2D eigenvalue weighted by Crippen LogP contribution is -2.17. The van der Waals surface area contributed by atoms with Crippen LogP contribution in [0, 0.1) is 11.8 Å². The second kappa shape index (κ2) is 16.9. The van der Waals surface area contributed by atoms with Gasteiger partial charge in [-0.3, -0.25) is 0 Å². The molecule has 1 aromatic carbocycles. The van der Waals surface area contributed by atoms with E-state index in [0.29, 0.717) is 5.92 Å². The predicted molar refractivity (Wildman–Crippen MR) is 146 cm³/mol. The van der Waals surface area contributed by atoms with Crippen molar-refractivity contribution in [1.29, 1.82) is 0 Å². The van der Waals surface area contributed by atoms with Gasteiger partial charge in [-0.1, -0.05) is 112 Å². The van der Waals surface area contributed by atoms with Crippen molar-refractivity contribution < 1.29 is 4.74 Å². The van der Waals surface area contributed by atoms with Crippen molar-refractivity contribution in [3.05, 3.63) is 23.8 Å². The highest BCUT2D eigenvalue weighted by Crippen LogP contribution is 2.38. The van der Waals surface area contributed by atoms with Crippen molar-refractivity contribution in [1.82, 2.24) is 0 Å². The van der Waals surface area contributed by atoms with Crippen LogP contribution >= 0.6 is 11.8 Å². The summed E-state index contributed by atoms with van der Waals surface area (Å²) >= 11 is 2.04. The van der Waals surface area contributed by atoms with Gasteiger partial charge in [-0.2, -0.15) is 0 Å². The quantitative estimate of drug-likeness (QED) is 0.149. The maximum Gasteiger partial charge on any atom is 0.132 e. The molecule has 186 valence electrons. The molecule has 1 rings (SSSR count). The van der Waals surface area contributed by atoms with E-state index >= 15 is 0 Å². The first-order chi connectivity index (χ1) is 15.4. The van der Waals surface area contributed by atoms with E-state index in [2.05, 4.69) is 66.7 Å². The van der Waals surface area contributed by atoms with Gasteiger partial charge in [0.2, 0.25) is 0 Å². The van der Waals surface area contributed by atoms with E-state index in [4.69, 9.17) is 4.74 Å². The Morgan fingerprint density at radius 3 is 2.03 bits per heavy atom. The standard InChI is InChI=1S/C30H54OS/c1-8-13-16-21-30(6,7)27-19-20-28(31-23-25(11-4)17-14-9-2)29(22-27)32-24-26(12-5)18-15-10-3/h19-20,22,25-26H,8-18,21,23-24H2,1-7H3. The van der Waals surface area contributed by atoms with Gasteiger partial charge in [0, 0.05) is 10.6 Å². The number of thioether (sulfide) groups is 1. The molecule has 2 atom stereocenters. The largest absolute Gasteiger partial charge is 0.492 e. The Morgan fingerprint density at radius 1 is 0.812 bits per heavy atom. The van der Waals surface area contributed by atoms with Gasteiger partial charge < -0.3 is 4.74 Å². The van der Waals surface area contributed by atoms with Crippen LogP contribution in [0.25, 0.3) is 0 Å². The molecular weight excluding hydrogens is 408 g/mol.